The molecule has 2 rings (SSSR count). The molecule has 2 N–H and O–H groups in total. The Labute approximate surface area is 79.4 Å². The van der Waals surface area contributed by atoms with Gasteiger partial charge in [-0.05, 0) is 12.1 Å². The molecular weight excluding hydrogens is 185 g/mol. The van der Waals surface area contributed by atoms with E-state index in [4.69, 9.17) is 0 Å². The predicted octanol–water partition coefficient (Wildman–Crippen LogP) is 0.951. The van der Waals surface area contributed by atoms with Crippen LogP contribution in [0.15, 0.2) is 24.7 Å². The van der Waals surface area contributed by atoms with Crippen LogP contribution in [0, 0.1) is 5.82 Å². The van der Waals surface area contributed by atoms with Crippen LogP contribution in [-0.4, -0.2) is 20.2 Å². The third-order valence-electron chi connectivity index (χ3n) is 1.65. The van der Waals surface area contributed by atoms with Crippen LogP contribution in [-0.2, 0) is 6.54 Å². The first kappa shape index (κ1) is 8.61. The number of hydrogen-bond acceptors (Lipinski definition) is 4. The Morgan fingerprint density at radius 1 is 1.43 bits per heavy atom. The maximum Gasteiger partial charge on any atom is 0.165 e. The van der Waals surface area contributed by atoms with Gasteiger partial charge in [0.1, 0.15) is 12.2 Å². The van der Waals surface area contributed by atoms with E-state index < -0.39 is 0 Å². The SMILES string of the molecule is Fc1cccnc1NCc1ncn[nH]1. The van der Waals surface area contributed by atoms with Crippen LogP contribution >= 0.6 is 0 Å². The van der Waals surface area contributed by atoms with Crippen LogP contribution < -0.4 is 5.32 Å². The van der Waals surface area contributed by atoms with Crippen molar-refractivity contribution >= 4 is 5.82 Å². The lowest BCUT2D eigenvalue weighted by Crippen LogP contribution is -2.04. The number of pyridine rings is 1. The van der Waals surface area contributed by atoms with Gasteiger partial charge in [-0.1, -0.05) is 0 Å². The van der Waals surface area contributed by atoms with Gasteiger partial charge in [0.05, 0.1) is 6.54 Å². The number of nitrogens with one attached hydrogen (secondary N) is 2. The minimum Gasteiger partial charge on any atom is -0.360 e. The van der Waals surface area contributed by atoms with Gasteiger partial charge in [0.25, 0.3) is 0 Å². The first-order chi connectivity index (χ1) is 6.86. The highest BCUT2D eigenvalue weighted by atomic mass is 19.1. The van der Waals surface area contributed by atoms with Crippen molar-refractivity contribution in [2.75, 3.05) is 5.32 Å². The molecule has 2 aromatic rings. The van der Waals surface area contributed by atoms with Crippen LogP contribution in [0.2, 0.25) is 0 Å². The Kier molecular flexibility index (Phi) is 2.35. The maximum atomic E-state index is 13.0. The molecule has 2 aromatic heterocycles. The minimum absolute atomic E-state index is 0.212. The fourth-order valence-electron chi connectivity index (χ4n) is 0.999. The Morgan fingerprint density at radius 2 is 2.36 bits per heavy atom. The summed E-state index contributed by atoms with van der Waals surface area (Å²) in [5.41, 5.74) is 0. The number of anilines is 1. The molecule has 72 valence electrons. The van der Waals surface area contributed by atoms with E-state index in [1.165, 1.54) is 24.7 Å². The first-order valence-corrected chi connectivity index (χ1v) is 4.05. The smallest absolute Gasteiger partial charge is 0.165 e. The maximum absolute atomic E-state index is 13.0. The zero-order valence-corrected chi connectivity index (χ0v) is 7.24. The summed E-state index contributed by atoms with van der Waals surface area (Å²) in [6.45, 7) is 0.369. The van der Waals surface area contributed by atoms with Crippen LogP contribution in [0.1, 0.15) is 5.82 Å². The molecule has 0 bridgehead atoms. The second-order valence-corrected chi connectivity index (χ2v) is 2.62. The summed E-state index contributed by atoms with van der Waals surface area (Å²) in [5.74, 6) is 0.464. The standard InChI is InChI=1S/C8H8FN5/c9-6-2-1-3-10-8(6)11-4-7-12-5-13-14-7/h1-3,5H,4H2,(H,10,11)(H,12,13,14). The molecule has 0 unspecified atom stereocenters. The highest BCUT2D eigenvalue weighted by Gasteiger charge is 2.01. The van der Waals surface area contributed by atoms with Gasteiger partial charge in [-0.25, -0.2) is 14.4 Å². The van der Waals surface area contributed by atoms with Crippen molar-refractivity contribution in [2.45, 2.75) is 6.54 Å². The summed E-state index contributed by atoms with van der Waals surface area (Å²) in [6.07, 6.45) is 2.91. The Morgan fingerprint density at radius 3 is 3.07 bits per heavy atom. The summed E-state index contributed by atoms with van der Waals surface area (Å²) in [5, 5.41) is 9.12. The summed E-state index contributed by atoms with van der Waals surface area (Å²) in [6, 6.07) is 2.88. The number of halogens is 1. The van der Waals surface area contributed by atoms with E-state index >= 15 is 0 Å². The molecule has 0 aliphatic heterocycles. The summed E-state index contributed by atoms with van der Waals surface area (Å²) in [7, 11) is 0. The molecule has 0 amide bonds. The number of aromatic amines is 1. The average Bonchev–Trinajstić information content (AvgIpc) is 2.69. The van der Waals surface area contributed by atoms with E-state index in [0.717, 1.165) is 0 Å². The molecule has 6 heteroatoms. The third-order valence-corrected chi connectivity index (χ3v) is 1.65. The van der Waals surface area contributed by atoms with Gasteiger partial charge < -0.3 is 5.32 Å². The Hall–Kier alpha value is -1.98. The second kappa shape index (κ2) is 3.82. The second-order valence-electron chi connectivity index (χ2n) is 2.62. The van der Waals surface area contributed by atoms with Crippen molar-refractivity contribution < 1.29 is 4.39 Å². The average molecular weight is 193 g/mol. The lowest BCUT2D eigenvalue weighted by atomic mass is 10.4. The number of H-pyrrole nitrogens is 1. The van der Waals surface area contributed by atoms with E-state index in [-0.39, 0.29) is 11.6 Å². The summed E-state index contributed by atoms with van der Waals surface area (Å²) >= 11 is 0. The third kappa shape index (κ3) is 1.85. The van der Waals surface area contributed by atoms with Crippen molar-refractivity contribution in [3.8, 4) is 0 Å². The van der Waals surface area contributed by atoms with E-state index in [2.05, 4.69) is 25.5 Å². The van der Waals surface area contributed by atoms with Crippen molar-refractivity contribution in [1.29, 1.82) is 0 Å². The zero-order chi connectivity index (χ0) is 9.80. The molecule has 0 saturated heterocycles. The van der Waals surface area contributed by atoms with Crippen LogP contribution in [0.3, 0.4) is 0 Å². The molecule has 2 heterocycles. The van der Waals surface area contributed by atoms with Crippen molar-refractivity contribution in [3.05, 3.63) is 36.3 Å². The van der Waals surface area contributed by atoms with E-state index in [1.54, 1.807) is 0 Å². The van der Waals surface area contributed by atoms with Crippen LogP contribution in [0.5, 0.6) is 0 Å². The highest BCUT2D eigenvalue weighted by Crippen LogP contribution is 2.08. The molecule has 14 heavy (non-hydrogen) atoms. The van der Waals surface area contributed by atoms with Gasteiger partial charge in [-0.3, -0.25) is 5.10 Å². The number of rotatable bonds is 3. The molecule has 5 nitrogen and oxygen atoms in total. The number of hydrogen-bond donors (Lipinski definition) is 2. The number of aromatic nitrogens is 4. The molecule has 0 fully saturated rings. The van der Waals surface area contributed by atoms with Crippen molar-refractivity contribution in [1.82, 2.24) is 20.2 Å². The molecule has 0 aliphatic carbocycles. The van der Waals surface area contributed by atoms with Crippen molar-refractivity contribution in [2.24, 2.45) is 0 Å². The summed E-state index contributed by atoms with van der Waals surface area (Å²) in [4.78, 5) is 7.71. The predicted molar refractivity (Wildman–Crippen MR) is 47.9 cm³/mol. The van der Waals surface area contributed by atoms with Gasteiger partial charge in [0.15, 0.2) is 11.6 Å². The van der Waals surface area contributed by atoms with Crippen LogP contribution in [0.25, 0.3) is 0 Å². The molecule has 0 radical (unpaired) electrons. The van der Waals surface area contributed by atoms with Gasteiger partial charge >= 0.3 is 0 Å². The van der Waals surface area contributed by atoms with E-state index in [1.807, 2.05) is 0 Å². The monoisotopic (exact) mass is 193 g/mol. The molecule has 0 aromatic carbocycles. The van der Waals surface area contributed by atoms with E-state index in [0.29, 0.717) is 12.4 Å². The number of nitrogens with zero attached hydrogens (tertiary/aromatic N) is 3. The molecule has 0 atom stereocenters. The normalized spacial score (nSPS) is 10.1. The van der Waals surface area contributed by atoms with Gasteiger partial charge in [-0.2, -0.15) is 5.10 Å². The minimum atomic E-state index is -0.382. The fraction of sp³-hybridized carbons (Fsp3) is 0.125. The van der Waals surface area contributed by atoms with E-state index in [9.17, 15) is 4.39 Å². The zero-order valence-electron chi connectivity index (χ0n) is 7.24. The van der Waals surface area contributed by atoms with Gasteiger partial charge in [0, 0.05) is 6.20 Å². The fourth-order valence-corrected chi connectivity index (χ4v) is 0.999. The van der Waals surface area contributed by atoms with Gasteiger partial charge in [0.2, 0.25) is 0 Å². The molecule has 0 saturated carbocycles. The lowest BCUT2D eigenvalue weighted by molar-refractivity contribution is 0.624. The quantitative estimate of drug-likeness (QED) is 0.761. The Balaban J connectivity index is 2.02. The van der Waals surface area contributed by atoms with Crippen LogP contribution in [0.4, 0.5) is 10.2 Å². The first-order valence-electron chi connectivity index (χ1n) is 4.05. The molecule has 0 spiro atoms. The topological polar surface area (TPSA) is 66.5 Å². The van der Waals surface area contributed by atoms with Gasteiger partial charge in [-0.15, -0.1) is 0 Å². The summed E-state index contributed by atoms with van der Waals surface area (Å²) < 4.78 is 13.0. The van der Waals surface area contributed by atoms with Crippen molar-refractivity contribution in [3.63, 3.8) is 0 Å². The lowest BCUT2D eigenvalue weighted by Gasteiger charge is -2.02. The highest BCUT2D eigenvalue weighted by molar-refractivity contribution is 5.35. The molecular formula is C8H8FN5. The largest absolute Gasteiger partial charge is 0.360 e. The Bertz CT molecular complexity index is 400. The molecule has 0 aliphatic rings.